The van der Waals surface area contributed by atoms with E-state index in [9.17, 15) is 0 Å². The molecule has 0 amide bonds. The molecular formula is C9H10ClNS. The molecule has 1 heterocycles. The molecule has 1 unspecified atom stereocenters. The maximum Gasteiger partial charge on any atom is 0.0409 e. The molecule has 0 fully saturated rings. The summed E-state index contributed by atoms with van der Waals surface area (Å²) in [6.07, 6.45) is 1.07. The Morgan fingerprint density at radius 3 is 3.17 bits per heavy atom. The Labute approximate surface area is 81.3 Å². The van der Waals surface area contributed by atoms with Gasteiger partial charge in [0.1, 0.15) is 0 Å². The monoisotopic (exact) mass is 199 g/mol. The second-order valence-corrected chi connectivity index (χ2v) is 4.71. The van der Waals surface area contributed by atoms with Gasteiger partial charge in [0.25, 0.3) is 0 Å². The first-order valence-corrected chi connectivity index (χ1v) is 5.20. The molecule has 0 spiro atoms. The lowest BCUT2D eigenvalue weighted by atomic mass is 10.1. The van der Waals surface area contributed by atoms with Gasteiger partial charge in [-0.25, -0.2) is 0 Å². The van der Waals surface area contributed by atoms with Crippen LogP contribution in [0, 0.1) is 0 Å². The number of hydrogen-bond donors (Lipinski definition) is 1. The highest BCUT2D eigenvalue weighted by Gasteiger charge is 2.20. The molecule has 0 saturated heterocycles. The molecule has 12 heavy (non-hydrogen) atoms. The van der Waals surface area contributed by atoms with Crippen molar-refractivity contribution in [1.82, 2.24) is 0 Å². The van der Waals surface area contributed by atoms with Crippen molar-refractivity contribution in [3.8, 4) is 0 Å². The lowest BCUT2D eigenvalue weighted by Crippen LogP contribution is -2.15. The van der Waals surface area contributed by atoms with Crippen LogP contribution < -0.4 is 5.73 Å². The van der Waals surface area contributed by atoms with Gasteiger partial charge in [0.05, 0.1) is 0 Å². The van der Waals surface area contributed by atoms with Crippen molar-refractivity contribution in [1.29, 1.82) is 0 Å². The summed E-state index contributed by atoms with van der Waals surface area (Å²) >= 11 is 7.73. The van der Waals surface area contributed by atoms with Gasteiger partial charge in [0.15, 0.2) is 0 Å². The molecule has 1 nitrogen and oxygen atoms in total. The highest BCUT2D eigenvalue weighted by atomic mass is 35.5. The maximum absolute atomic E-state index is 5.87. The molecule has 64 valence electrons. The predicted octanol–water partition coefficient (Wildman–Crippen LogP) is 2.32. The fraction of sp³-hybridized carbons (Fsp3) is 0.333. The van der Waals surface area contributed by atoms with Crippen molar-refractivity contribution in [2.45, 2.75) is 16.6 Å². The standard InChI is InChI=1S/C9H10ClNS/c10-7-1-2-9-6(3-7)4-8(5-11)12-9/h1-3,8H,4-5,11H2. The Morgan fingerprint density at radius 1 is 1.58 bits per heavy atom. The molecule has 1 aromatic carbocycles. The van der Waals surface area contributed by atoms with Gasteiger partial charge in [0, 0.05) is 21.7 Å². The Morgan fingerprint density at radius 2 is 2.42 bits per heavy atom. The van der Waals surface area contributed by atoms with E-state index in [0.29, 0.717) is 5.25 Å². The van der Waals surface area contributed by atoms with E-state index in [2.05, 4.69) is 6.07 Å². The SMILES string of the molecule is NCC1Cc2cc(Cl)ccc2S1. The third-order valence-electron chi connectivity index (χ3n) is 2.03. The fourth-order valence-electron chi connectivity index (χ4n) is 1.42. The quantitative estimate of drug-likeness (QED) is 0.752. The summed E-state index contributed by atoms with van der Waals surface area (Å²) in [5.74, 6) is 0. The van der Waals surface area contributed by atoms with Crippen LogP contribution in [0.25, 0.3) is 0 Å². The molecule has 1 atom stereocenters. The highest BCUT2D eigenvalue weighted by molar-refractivity contribution is 8.00. The molecule has 1 aliphatic heterocycles. The van der Waals surface area contributed by atoms with E-state index in [1.54, 1.807) is 0 Å². The second-order valence-electron chi connectivity index (χ2n) is 2.93. The van der Waals surface area contributed by atoms with Crippen LogP contribution in [0.5, 0.6) is 0 Å². The number of fused-ring (bicyclic) bond motifs is 1. The van der Waals surface area contributed by atoms with Crippen LogP contribution in [-0.2, 0) is 6.42 Å². The normalized spacial score (nSPS) is 21.0. The first kappa shape index (κ1) is 8.42. The molecule has 0 aromatic heterocycles. The largest absolute Gasteiger partial charge is 0.329 e. The summed E-state index contributed by atoms with van der Waals surface area (Å²) in [6, 6.07) is 6.06. The Balaban J connectivity index is 2.30. The van der Waals surface area contributed by atoms with Crippen molar-refractivity contribution in [3.63, 3.8) is 0 Å². The van der Waals surface area contributed by atoms with Gasteiger partial charge in [-0.2, -0.15) is 0 Å². The molecular weight excluding hydrogens is 190 g/mol. The van der Waals surface area contributed by atoms with Gasteiger partial charge in [-0.3, -0.25) is 0 Å². The topological polar surface area (TPSA) is 26.0 Å². The molecule has 1 aliphatic rings. The summed E-state index contributed by atoms with van der Waals surface area (Å²) in [4.78, 5) is 1.34. The van der Waals surface area contributed by atoms with Gasteiger partial charge in [-0.1, -0.05) is 11.6 Å². The summed E-state index contributed by atoms with van der Waals surface area (Å²) in [5, 5.41) is 1.38. The third-order valence-corrected chi connectivity index (χ3v) is 3.61. The zero-order valence-corrected chi connectivity index (χ0v) is 8.16. The van der Waals surface area contributed by atoms with Crippen molar-refractivity contribution in [3.05, 3.63) is 28.8 Å². The van der Waals surface area contributed by atoms with Crippen LogP contribution in [0.1, 0.15) is 5.56 Å². The van der Waals surface area contributed by atoms with Crippen molar-refractivity contribution in [2.24, 2.45) is 5.73 Å². The average molecular weight is 200 g/mol. The minimum atomic E-state index is 0.554. The first-order chi connectivity index (χ1) is 5.79. The van der Waals surface area contributed by atoms with E-state index in [-0.39, 0.29) is 0 Å². The zero-order chi connectivity index (χ0) is 8.55. The highest BCUT2D eigenvalue weighted by Crippen LogP contribution is 2.37. The van der Waals surface area contributed by atoms with Crippen LogP contribution in [0.3, 0.4) is 0 Å². The fourth-order valence-corrected chi connectivity index (χ4v) is 2.77. The van der Waals surface area contributed by atoms with Crippen LogP contribution in [0.2, 0.25) is 5.02 Å². The van der Waals surface area contributed by atoms with Crippen molar-refractivity contribution < 1.29 is 0 Å². The van der Waals surface area contributed by atoms with E-state index in [0.717, 1.165) is 18.0 Å². The summed E-state index contributed by atoms with van der Waals surface area (Å²) in [6.45, 7) is 0.747. The molecule has 0 radical (unpaired) electrons. The van der Waals surface area contributed by atoms with Gasteiger partial charge in [0.2, 0.25) is 0 Å². The van der Waals surface area contributed by atoms with Crippen LogP contribution >= 0.6 is 23.4 Å². The lowest BCUT2D eigenvalue weighted by molar-refractivity contribution is 0.867. The van der Waals surface area contributed by atoms with Crippen molar-refractivity contribution >= 4 is 23.4 Å². The molecule has 0 saturated carbocycles. The van der Waals surface area contributed by atoms with Gasteiger partial charge >= 0.3 is 0 Å². The smallest absolute Gasteiger partial charge is 0.0409 e. The van der Waals surface area contributed by atoms with Crippen LogP contribution in [0.15, 0.2) is 23.1 Å². The molecule has 3 heteroatoms. The van der Waals surface area contributed by atoms with E-state index in [1.807, 2.05) is 23.9 Å². The summed E-state index contributed by atoms with van der Waals surface area (Å²) in [7, 11) is 0. The number of rotatable bonds is 1. The van der Waals surface area contributed by atoms with E-state index >= 15 is 0 Å². The maximum atomic E-state index is 5.87. The zero-order valence-electron chi connectivity index (χ0n) is 6.59. The van der Waals surface area contributed by atoms with E-state index in [4.69, 9.17) is 17.3 Å². The summed E-state index contributed by atoms with van der Waals surface area (Å²) < 4.78 is 0. The predicted molar refractivity (Wildman–Crippen MR) is 53.9 cm³/mol. The van der Waals surface area contributed by atoms with Gasteiger partial charge in [-0.15, -0.1) is 11.8 Å². The molecule has 2 N–H and O–H groups in total. The Bertz CT molecular complexity index is 301. The summed E-state index contributed by atoms with van der Waals surface area (Å²) in [5.41, 5.74) is 6.95. The number of halogens is 1. The second kappa shape index (κ2) is 3.29. The first-order valence-electron chi connectivity index (χ1n) is 3.95. The average Bonchev–Trinajstić information content (AvgIpc) is 2.46. The van der Waals surface area contributed by atoms with Gasteiger partial charge < -0.3 is 5.73 Å². The van der Waals surface area contributed by atoms with Gasteiger partial charge in [-0.05, 0) is 30.2 Å². The lowest BCUT2D eigenvalue weighted by Gasteiger charge is -2.00. The minimum Gasteiger partial charge on any atom is -0.329 e. The Hall–Kier alpha value is -0.180. The molecule has 0 aliphatic carbocycles. The van der Waals surface area contributed by atoms with E-state index < -0.39 is 0 Å². The minimum absolute atomic E-state index is 0.554. The van der Waals surface area contributed by atoms with E-state index in [1.165, 1.54) is 10.5 Å². The van der Waals surface area contributed by atoms with Crippen LogP contribution in [-0.4, -0.2) is 11.8 Å². The number of thioether (sulfide) groups is 1. The number of hydrogen-bond acceptors (Lipinski definition) is 2. The number of nitrogens with two attached hydrogens (primary N) is 1. The number of benzene rings is 1. The molecule has 1 aromatic rings. The van der Waals surface area contributed by atoms with Crippen LogP contribution in [0.4, 0.5) is 0 Å². The third kappa shape index (κ3) is 1.47. The molecule has 2 rings (SSSR count). The molecule has 0 bridgehead atoms. The Kier molecular flexibility index (Phi) is 2.31. The van der Waals surface area contributed by atoms with Crippen molar-refractivity contribution in [2.75, 3.05) is 6.54 Å².